The van der Waals surface area contributed by atoms with E-state index in [2.05, 4.69) is 5.32 Å². The highest BCUT2D eigenvalue weighted by atomic mass is 19.4. The lowest BCUT2D eigenvalue weighted by Gasteiger charge is -2.13. The van der Waals surface area contributed by atoms with Gasteiger partial charge in [0, 0.05) is 6.54 Å². The SMILES string of the molecule is CC(O)c1ccc(CNC(=O)c2ccc(F)cc2C(F)(F)F)cc1. The van der Waals surface area contributed by atoms with Gasteiger partial charge < -0.3 is 10.4 Å². The normalized spacial score (nSPS) is 12.8. The Bertz CT molecular complexity index is 724. The molecule has 2 rings (SSSR count). The van der Waals surface area contributed by atoms with Crippen LogP contribution in [0.1, 0.15) is 40.1 Å². The highest BCUT2D eigenvalue weighted by Gasteiger charge is 2.35. The second-order valence-corrected chi connectivity index (χ2v) is 5.29. The second-order valence-electron chi connectivity index (χ2n) is 5.29. The summed E-state index contributed by atoms with van der Waals surface area (Å²) in [4.78, 5) is 12.0. The molecular weight excluding hydrogens is 326 g/mol. The zero-order chi connectivity index (χ0) is 17.9. The summed E-state index contributed by atoms with van der Waals surface area (Å²) in [5.74, 6) is -2.01. The van der Waals surface area contributed by atoms with Gasteiger partial charge in [0.1, 0.15) is 5.82 Å². The molecule has 0 radical (unpaired) electrons. The summed E-state index contributed by atoms with van der Waals surface area (Å²) in [5.41, 5.74) is -0.611. The molecule has 0 heterocycles. The minimum Gasteiger partial charge on any atom is -0.389 e. The Labute approximate surface area is 135 Å². The van der Waals surface area contributed by atoms with Crippen LogP contribution in [0.3, 0.4) is 0 Å². The van der Waals surface area contributed by atoms with Crippen molar-refractivity contribution in [1.82, 2.24) is 5.32 Å². The number of amides is 1. The smallest absolute Gasteiger partial charge is 0.389 e. The van der Waals surface area contributed by atoms with Gasteiger partial charge in [0.15, 0.2) is 0 Å². The maximum atomic E-state index is 13.0. The standard InChI is InChI=1S/C17H15F4NO2/c1-10(23)12-4-2-11(3-5-12)9-22-16(24)14-7-6-13(18)8-15(14)17(19,20)21/h2-8,10,23H,9H2,1H3,(H,22,24). The number of nitrogens with one attached hydrogen (secondary N) is 1. The number of aliphatic hydroxyl groups is 1. The largest absolute Gasteiger partial charge is 0.417 e. The van der Waals surface area contributed by atoms with Crippen molar-refractivity contribution in [3.05, 3.63) is 70.5 Å². The van der Waals surface area contributed by atoms with E-state index < -0.39 is 35.1 Å². The summed E-state index contributed by atoms with van der Waals surface area (Å²) < 4.78 is 51.7. The molecule has 1 unspecified atom stereocenters. The number of halogens is 4. The Balaban J connectivity index is 2.13. The van der Waals surface area contributed by atoms with Gasteiger partial charge in [-0.05, 0) is 36.2 Å². The van der Waals surface area contributed by atoms with Crippen LogP contribution in [0.2, 0.25) is 0 Å². The fraction of sp³-hybridized carbons (Fsp3) is 0.235. The van der Waals surface area contributed by atoms with Gasteiger partial charge in [-0.2, -0.15) is 13.2 Å². The average Bonchev–Trinajstić information content (AvgIpc) is 2.52. The number of aliphatic hydroxyl groups excluding tert-OH is 1. The van der Waals surface area contributed by atoms with Gasteiger partial charge in [-0.15, -0.1) is 0 Å². The Morgan fingerprint density at radius 2 is 1.79 bits per heavy atom. The molecule has 2 aromatic carbocycles. The Morgan fingerprint density at radius 3 is 2.33 bits per heavy atom. The minimum absolute atomic E-state index is 0.00754. The summed E-state index contributed by atoms with van der Waals surface area (Å²) in [7, 11) is 0. The molecule has 0 saturated carbocycles. The van der Waals surface area contributed by atoms with Crippen LogP contribution in [-0.4, -0.2) is 11.0 Å². The molecule has 0 fully saturated rings. The van der Waals surface area contributed by atoms with Crippen LogP contribution in [0.25, 0.3) is 0 Å². The molecule has 0 bridgehead atoms. The highest BCUT2D eigenvalue weighted by molar-refractivity contribution is 5.95. The van der Waals surface area contributed by atoms with Gasteiger partial charge >= 0.3 is 6.18 Å². The summed E-state index contributed by atoms with van der Waals surface area (Å²) in [6.07, 6.45) is -5.46. The molecular formula is C17H15F4NO2. The van der Waals surface area contributed by atoms with Crippen molar-refractivity contribution in [2.24, 2.45) is 0 Å². The second kappa shape index (κ2) is 7.00. The predicted octanol–water partition coefficient (Wildman–Crippen LogP) is 3.83. The van der Waals surface area contributed by atoms with Crippen molar-refractivity contribution in [1.29, 1.82) is 0 Å². The molecule has 1 amide bonds. The first-order valence-corrected chi connectivity index (χ1v) is 7.10. The van der Waals surface area contributed by atoms with Crippen molar-refractivity contribution >= 4 is 5.91 Å². The van der Waals surface area contributed by atoms with Crippen LogP contribution in [0.5, 0.6) is 0 Å². The third-order valence-electron chi connectivity index (χ3n) is 3.45. The third kappa shape index (κ3) is 4.32. The fourth-order valence-corrected chi connectivity index (χ4v) is 2.14. The van der Waals surface area contributed by atoms with Crippen LogP contribution in [0, 0.1) is 5.82 Å². The van der Waals surface area contributed by atoms with E-state index in [9.17, 15) is 27.5 Å². The van der Waals surface area contributed by atoms with E-state index in [1.807, 2.05) is 0 Å². The maximum absolute atomic E-state index is 13.0. The van der Waals surface area contributed by atoms with Gasteiger partial charge in [0.2, 0.25) is 0 Å². The maximum Gasteiger partial charge on any atom is 0.417 e. The van der Waals surface area contributed by atoms with Crippen LogP contribution in [0.4, 0.5) is 17.6 Å². The van der Waals surface area contributed by atoms with E-state index >= 15 is 0 Å². The monoisotopic (exact) mass is 341 g/mol. The number of alkyl halides is 3. The molecule has 0 aromatic heterocycles. The summed E-state index contributed by atoms with van der Waals surface area (Å²) in [6.45, 7) is 1.61. The molecule has 0 aliphatic carbocycles. The molecule has 3 nitrogen and oxygen atoms in total. The van der Waals surface area contributed by atoms with E-state index in [-0.39, 0.29) is 6.54 Å². The molecule has 2 N–H and O–H groups in total. The van der Waals surface area contributed by atoms with Crippen LogP contribution in [-0.2, 0) is 12.7 Å². The molecule has 2 aromatic rings. The molecule has 0 spiro atoms. The number of hydrogen-bond donors (Lipinski definition) is 2. The number of carbonyl (C=O) groups excluding carboxylic acids is 1. The summed E-state index contributed by atoms with van der Waals surface area (Å²) in [6, 6.07) is 8.53. The quantitative estimate of drug-likeness (QED) is 0.831. The van der Waals surface area contributed by atoms with E-state index in [1.165, 1.54) is 0 Å². The first-order valence-electron chi connectivity index (χ1n) is 7.10. The van der Waals surface area contributed by atoms with E-state index in [1.54, 1.807) is 31.2 Å². The summed E-state index contributed by atoms with van der Waals surface area (Å²) in [5, 5.41) is 11.8. The zero-order valence-electron chi connectivity index (χ0n) is 12.7. The van der Waals surface area contributed by atoms with Crippen molar-refractivity contribution in [2.75, 3.05) is 0 Å². The number of rotatable bonds is 4. The first kappa shape index (κ1) is 17.9. The molecule has 24 heavy (non-hydrogen) atoms. The predicted molar refractivity (Wildman–Crippen MR) is 79.6 cm³/mol. The lowest BCUT2D eigenvalue weighted by Crippen LogP contribution is -2.26. The van der Waals surface area contributed by atoms with Crippen LogP contribution < -0.4 is 5.32 Å². The molecule has 1 atom stereocenters. The van der Waals surface area contributed by atoms with Gasteiger partial charge in [0.05, 0.1) is 17.2 Å². The molecule has 0 aliphatic heterocycles. The van der Waals surface area contributed by atoms with E-state index in [4.69, 9.17) is 0 Å². The van der Waals surface area contributed by atoms with Crippen LogP contribution in [0.15, 0.2) is 42.5 Å². The van der Waals surface area contributed by atoms with Gasteiger partial charge in [-0.1, -0.05) is 24.3 Å². The lowest BCUT2D eigenvalue weighted by atomic mass is 10.1. The van der Waals surface area contributed by atoms with Crippen molar-refractivity contribution < 1.29 is 27.5 Å². The van der Waals surface area contributed by atoms with Crippen LogP contribution >= 0.6 is 0 Å². The Morgan fingerprint density at radius 1 is 1.17 bits per heavy atom. The first-order chi connectivity index (χ1) is 11.2. The molecule has 0 aliphatic rings. The zero-order valence-corrected chi connectivity index (χ0v) is 12.7. The van der Waals surface area contributed by atoms with Crippen molar-refractivity contribution in [3.63, 3.8) is 0 Å². The minimum atomic E-state index is -4.83. The lowest BCUT2D eigenvalue weighted by molar-refractivity contribution is -0.138. The molecule has 7 heteroatoms. The number of hydrogen-bond acceptors (Lipinski definition) is 2. The topological polar surface area (TPSA) is 49.3 Å². The highest BCUT2D eigenvalue weighted by Crippen LogP contribution is 2.32. The van der Waals surface area contributed by atoms with Gasteiger partial charge in [-0.3, -0.25) is 4.79 Å². The van der Waals surface area contributed by atoms with E-state index in [0.29, 0.717) is 17.2 Å². The fourth-order valence-electron chi connectivity index (χ4n) is 2.14. The van der Waals surface area contributed by atoms with Crippen molar-refractivity contribution in [3.8, 4) is 0 Å². The number of carbonyl (C=O) groups is 1. The summed E-state index contributed by atoms with van der Waals surface area (Å²) >= 11 is 0. The van der Waals surface area contributed by atoms with Crippen molar-refractivity contribution in [2.45, 2.75) is 25.7 Å². The molecule has 0 saturated heterocycles. The van der Waals surface area contributed by atoms with Gasteiger partial charge in [0.25, 0.3) is 5.91 Å². The molecule has 128 valence electrons. The Kier molecular flexibility index (Phi) is 5.23. The average molecular weight is 341 g/mol. The third-order valence-corrected chi connectivity index (χ3v) is 3.45. The van der Waals surface area contributed by atoms with E-state index in [0.717, 1.165) is 12.1 Å². The Hall–Kier alpha value is -2.41. The van der Waals surface area contributed by atoms with Gasteiger partial charge in [-0.25, -0.2) is 4.39 Å². The number of benzene rings is 2.